The third-order valence-electron chi connectivity index (χ3n) is 1.80. The first-order valence-corrected chi connectivity index (χ1v) is 3.83. The van der Waals surface area contributed by atoms with E-state index in [9.17, 15) is 4.79 Å². The lowest BCUT2D eigenvalue weighted by Gasteiger charge is -1.97. The summed E-state index contributed by atoms with van der Waals surface area (Å²) in [6.45, 7) is 0.217. The van der Waals surface area contributed by atoms with Gasteiger partial charge < -0.3 is 0 Å². The molecule has 0 aliphatic carbocycles. The third kappa shape index (κ3) is 1.25. The molecule has 0 bridgehead atoms. The summed E-state index contributed by atoms with van der Waals surface area (Å²) < 4.78 is 0. The van der Waals surface area contributed by atoms with Crippen LogP contribution in [-0.2, 0) is 11.2 Å². The second kappa shape index (κ2) is 2.85. The number of benzene rings is 1. The highest BCUT2D eigenvalue weighted by Crippen LogP contribution is 2.21. The summed E-state index contributed by atoms with van der Waals surface area (Å²) in [5.74, 6) is 0.128. The normalized spacial score (nSPS) is 15.5. The molecule has 1 aromatic carbocycles. The highest BCUT2D eigenvalue weighted by Gasteiger charge is 2.09. The number of fused-ring (bicyclic) bond motifs is 1. The van der Waals surface area contributed by atoms with E-state index in [0.29, 0.717) is 6.42 Å². The zero-order valence-corrected chi connectivity index (χ0v) is 6.53. The molecule has 2 rings (SSSR count). The highest BCUT2D eigenvalue weighted by molar-refractivity contribution is 5.84. The van der Waals surface area contributed by atoms with E-state index < -0.39 is 0 Å². The number of hydrogen-bond donors (Lipinski definition) is 0. The maximum atomic E-state index is 11.1. The van der Waals surface area contributed by atoms with Crippen LogP contribution in [0.1, 0.15) is 5.56 Å². The number of Topliss-reactive ketones (excluding diaryl/α,β-unsaturated/α-hetero) is 1. The highest BCUT2D eigenvalue weighted by atomic mass is 16.1. The smallest absolute Gasteiger partial charge is 0.160 e. The minimum Gasteiger partial charge on any atom is -0.297 e. The molecule has 1 heterocycles. The Morgan fingerprint density at radius 2 is 2.08 bits per heavy atom. The Hall–Kier alpha value is -1.51. The van der Waals surface area contributed by atoms with Gasteiger partial charge in [-0.3, -0.25) is 4.79 Å². The first-order chi connectivity index (χ1) is 5.86. The average Bonchev–Trinajstić information content (AvgIpc) is 2.25. The fraction of sp³-hybridized carbons (Fsp3) is 0.222. The minimum absolute atomic E-state index is 0.128. The minimum atomic E-state index is 0.128. The number of azo groups is 1. The lowest BCUT2D eigenvalue weighted by atomic mass is 10.1. The molecule has 1 aliphatic heterocycles. The summed E-state index contributed by atoms with van der Waals surface area (Å²) >= 11 is 0. The Morgan fingerprint density at radius 3 is 3.00 bits per heavy atom. The van der Waals surface area contributed by atoms with Crippen LogP contribution in [0.5, 0.6) is 0 Å². The molecule has 12 heavy (non-hydrogen) atoms. The van der Waals surface area contributed by atoms with Crippen molar-refractivity contribution < 1.29 is 4.79 Å². The second-order valence-electron chi connectivity index (χ2n) is 2.74. The molecule has 0 atom stereocenters. The van der Waals surface area contributed by atoms with Gasteiger partial charge in [0, 0.05) is 6.42 Å². The maximum Gasteiger partial charge on any atom is 0.160 e. The van der Waals surface area contributed by atoms with Crippen LogP contribution in [0.3, 0.4) is 0 Å². The lowest BCUT2D eigenvalue weighted by molar-refractivity contribution is -0.117. The molecule has 0 saturated carbocycles. The van der Waals surface area contributed by atoms with Gasteiger partial charge in [-0.05, 0) is 11.6 Å². The summed E-state index contributed by atoms with van der Waals surface area (Å²) in [5, 5.41) is 7.71. The maximum absolute atomic E-state index is 11.1. The molecule has 0 saturated heterocycles. The van der Waals surface area contributed by atoms with Gasteiger partial charge in [0.2, 0.25) is 0 Å². The molecule has 0 spiro atoms. The Labute approximate surface area is 70.1 Å². The Morgan fingerprint density at radius 1 is 1.25 bits per heavy atom. The summed E-state index contributed by atoms with van der Waals surface area (Å²) in [4.78, 5) is 11.1. The largest absolute Gasteiger partial charge is 0.297 e. The van der Waals surface area contributed by atoms with Gasteiger partial charge in [-0.15, -0.1) is 0 Å². The van der Waals surface area contributed by atoms with E-state index in [1.54, 1.807) is 0 Å². The van der Waals surface area contributed by atoms with Gasteiger partial charge in [-0.2, -0.15) is 10.2 Å². The molecule has 0 aromatic heterocycles. The van der Waals surface area contributed by atoms with E-state index >= 15 is 0 Å². The standard InChI is InChI=1S/C9H8N2O/c12-8-5-7-3-1-2-4-9(7)11-10-6-8/h1-4H,5-6H2. The molecule has 1 aromatic rings. The van der Waals surface area contributed by atoms with Gasteiger partial charge in [0.25, 0.3) is 0 Å². The monoisotopic (exact) mass is 160 g/mol. The topological polar surface area (TPSA) is 41.8 Å². The zero-order valence-electron chi connectivity index (χ0n) is 6.53. The number of nitrogens with zero attached hydrogens (tertiary/aromatic N) is 2. The number of carbonyl (C=O) groups excluding carboxylic acids is 1. The summed E-state index contributed by atoms with van der Waals surface area (Å²) in [6, 6.07) is 7.59. The first kappa shape index (κ1) is 7.16. The van der Waals surface area contributed by atoms with E-state index in [4.69, 9.17) is 0 Å². The van der Waals surface area contributed by atoms with Gasteiger partial charge in [-0.25, -0.2) is 0 Å². The quantitative estimate of drug-likeness (QED) is 0.571. The number of carbonyl (C=O) groups is 1. The van der Waals surface area contributed by atoms with Crippen LogP contribution < -0.4 is 0 Å². The predicted octanol–water partition coefficient (Wildman–Crippen LogP) is 1.90. The van der Waals surface area contributed by atoms with Crippen LogP contribution >= 0.6 is 0 Å². The van der Waals surface area contributed by atoms with Crippen LogP contribution in [0.25, 0.3) is 0 Å². The van der Waals surface area contributed by atoms with E-state index in [1.165, 1.54) is 0 Å². The van der Waals surface area contributed by atoms with Crippen LogP contribution in [0.2, 0.25) is 0 Å². The van der Waals surface area contributed by atoms with Crippen molar-refractivity contribution in [3.05, 3.63) is 29.8 Å². The lowest BCUT2D eigenvalue weighted by Crippen LogP contribution is -2.03. The SMILES string of the molecule is O=C1CN=Nc2ccccc2C1. The van der Waals surface area contributed by atoms with Crippen molar-refractivity contribution in [3.8, 4) is 0 Å². The molecule has 3 heteroatoms. The van der Waals surface area contributed by atoms with Crippen LogP contribution in [0.4, 0.5) is 5.69 Å². The molecular formula is C9H8N2O. The van der Waals surface area contributed by atoms with Crippen LogP contribution in [0, 0.1) is 0 Å². The van der Waals surface area contributed by atoms with E-state index in [2.05, 4.69) is 10.2 Å². The van der Waals surface area contributed by atoms with Crippen molar-refractivity contribution >= 4 is 11.5 Å². The van der Waals surface area contributed by atoms with Crippen molar-refractivity contribution in [1.82, 2.24) is 0 Å². The predicted molar refractivity (Wildman–Crippen MR) is 44.5 cm³/mol. The van der Waals surface area contributed by atoms with Crippen molar-refractivity contribution in [2.45, 2.75) is 6.42 Å². The van der Waals surface area contributed by atoms with Gasteiger partial charge in [0.05, 0.1) is 5.69 Å². The Bertz CT molecular complexity index is 344. The third-order valence-corrected chi connectivity index (χ3v) is 1.80. The molecule has 0 unspecified atom stereocenters. The summed E-state index contributed by atoms with van der Waals surface area (Å²) in [5.41, 5.74) is 1.80. The van der Waals surface area contributed by atoms with Gasteiger partial charge >= 0.3 is 0 Å². The number of rotatable bonds is 0. The molecule has 60 valence electrons. The van der Waals surface area contributed by atoms with Gasteiger partial charge in [0.15, 0.2) is 5.78 Å². The summed E-state index contributed by atoms with van der Waals surface area (Å²) in [6.07, 6.45) is 0.461. The van der Waals surface area contributed by atoms with Crippen LogP contribution in [-0.4, -0.2) is 12.3 Å². The van der Waals surface area contributed by atoms with Gasteiger partial charge in [-0.1, -0.05) is 18.2 Å². The molecule has 3 nitrogen and oxygen atoms in total. The van der Waals surface area contributed by atoms with Crippen molar-refractivity contribution in [2.24, 2.45) is 10.2 Å². The number of ketones is 1. The molecule has 1 aliphatic rings. The van der Waals surface area contributed by atoms with E-state index in [0.717, 1.165) is 11.3 Å². The fourth-order valence-electron chi connectivity index (χ4n) is 1.22. The Balaban J connectivity index is 2.48. The van der Waals surface area contributed by atoms with Gasteiger partial charge in [0.1, 0.15) is 6.54 Å². The van der Waals surface area contributed by atoms with E-state index in [-0.39, 0.29) is 12.3 Å². The fourth-order valence-corrected chi connectivity index (χ4v) is 1.22. The van der Waals surface area contributed by atoms with Crippen molar-refractivity contribution in [3.63, 3.8) is 0 Å². The second-order valence-corrected chi connectivity index (χ2v) is 2.74. The van der Waals surface area contributed by atoms with Crippen molar-refractivity contribution in [2.75, 3.05) is 6.54 Å². The zero-order chi connectivity index (χ0) is 8.39. The van der Waals surface area contributed by atoms with Crippen LogP contribution in [0.15, 0.2) is 34.5 Å². The van der Waals surface area contributed by atoms with E-state index in [1.807, 2.05) is 24.3 Å². The first-order valence-electron chi connectivity index (χ1n) is 3.83. The Kier molecular flexibility index (Phi) is 1.70. The molecule has 0 fully saturated rings. The molecular weight excluding hydrogens is 152 g/mol. The molecule has 0 amide bonds. The molecule has 0 radical (unpaired) electrons. The average molecular weight is 160 g/mol. The number of hydrogen-bond acceptors (Lipinski definition) is 3. The molecule has 0 N–H and O–H groups in total. The van der Waals surface area contributed by atoms with Crippen molar-refractivity contribution in [1.29, 1.82) is 0 Å². The summed E-state index contributed by atoms with van der Waals surface area (Å²) in [7, 11) is 0.